The van der Waals surface area contributed by atoms with Crippen LogP contribution in [0.1, 0.15) is 11.1 Å². The lowest BCUT2D eigenvalue weighted by Crippen LogP contribution is -2.05. The van der Waals surface area contributed by atoms with E-state index < -0.39 is 10.1 Å². The first-order chi connectivity index (χ1) is 5.96. The van der Waals surface area contributed by atoms with E-state index in [-0.39, 0.29) is 11.4 Å². The average molecular weight is 200 g/mol. The van der Waals surface area contributed by atoms with Crippen LogP contribution < -0.4 is 5.73 Å². The van der Waals surface area contributed by atoms with E-state index in [0.717, 1.165) is 0 Å². The Labute approximate surface area is 77.1 Å². The molecular formula is C8H10NO3S. The van der Waals surface area contributed by atoms with E-state index in [1.807, 2.05) is 0 Å². The average Bonchev–Trinajstić information content (AvgIpc) is 2.02. The second kappa shape index (κ2) is 3.45. The van der Waals surface area contributed by atoms with Gasteiger partial charge in [-0.05, 0) is 24.1 Å². The molecule has 2 N–H and O–H groups in total. The molecule has 4 nitrogen and oxygen atoms in total. The van der Waals surface area contributed by atoms with Crippen LogP contribution in [0.5, 0.6) is 0 Å². The van der Waals surface area contributed by atoms with Gasteiger partial charge in [-0.15, -0.1) is 0 Å². The van der Waals surface area contributed by atoms with Gasteiger partial charge in [0.05, 0.1) is 4.90 Å². The van der Waals surface area contributed by atoms with Crippen LogP contribution in [0, 0.1) is 6.92 Å². The fourth-order valence-electron chi connectivity index (χ4n) is 1.14. The smallest absolute Gasteiger partial charge is 0.282 e. The van der Waals surface area contributed by atoms with Gasteiger partial charge in [-0.25, -0.2) is 0 Å². The van der Waals surface area contributed by atoms with Crippen molar-refractivity contribution in [2.45, 2.75) is 18.4 Å². The van der Waals surface area contributed by atoms with Crippen LogP contribution in [0.25, 0.3) is 0 Å². The number of aryl methyl sites for hydroxylation is 1. The Bertz CT molecular complexity index is 411. The standard InChI is InChI=1S/C8H10NO3S/c1-6-3-2-4-8(7(6)5-9)13(10,11)12/h2-4,9H,5H2,1H3,(H,10,11,12). The third kappa shape index (κ3) is 2.06. The summed E-state index contributed by atoms with van der Waals surface area (Å²) in [5.74, 6) is 0. The first kappa shape index (κ1) is 10.2. The molecule has 0 unspecified atom stereocenters. The van der Waals surface area contributed by atoms with Crippen LogP contribution in [0.15, 0.2) is 23.1 Å². The van der Waals surface area contributed by atoms with Gasteiger partial charge in [0.15, 0.2) is 0 Å². The van der Waals surface area contributed by atoms with Crippen LogP contribution in [0.2, 0.25) is 0 Å². The molecule has 0 aromatic heterocycles. The zero-order valence-electron chi connectivity index (χ0n) is 7.11. The highest BCUT2D eigenvalue weighted by Gasteiger charge is 2.15. The lowest BCUT2D eigenvalue weighted by Gasteiger charge is -2.06. The van der Waals surface area contributed by atoms with Crippen molar-refractivity contribution in [1.82, 2.24) is 5.73 Å². The number of hydrogen-bond acceptors (Lipinski definition) is 2. The third-order valence-electron chi connectivity index (χ3n) is 1.82. The molecule has 0 aliphatic rings. The summed E-state index contributed by atoms with van der Waals surface area (Å²) in [4.78, 5) is -0.164. The molecule has 0 saturated heterocycles. The second-order valence-electron chi connectivity index (χ2n) is 2.70. The van der Waals surface area contributed by atoms with Gasteiger partial charge in [-0.2, -0.15) is 8.42 Å². The maximum absolute atomic E-state index is 10.8. The summed E-state index contributed by atoms with van der Waals surface area (Å²) in [6, 6.07) is 4.54. The van der Waals surface area contributed by atoms with Crippen molar-refractivity contribution in [1.29, 1.82) is 0 Å². The Hall–Kier alpha value is -0.910. The van der Waals surface area contributed by atoms with Crippen molar-refractivity contribution in [3.05, 3.63) is 29.3 Å². The third-order valence-corrected chi connectivity index (χ3v) is 2.76. The van der Waals surface area contributed by atoms with Crippen LogP contribution in [0.4, 0.5) is 0 Å². The largest absolute Gasteiger partial charge is 0.294 e. The van der Waals surface area contributed by atoms with E-state index in [0.29, 0.717) is 11.1 Å². The molecule has 13 heavy (non-hydrogen) atoms. The van der Waals surface area contributed by atoms with E-state index >= 15 is 0 Å². The topological polar surface area (TPSA) is 78.2 Å². The SMILES string of the molecule is Cc1cccc(S(=O)(=O)O)c1C[NH]. The fraction of sp³-hybridized carbons (Fsp3) is 0.250. The Kier molecular flexibility index (Phi) is 2.70. The first-order valence-electron chi connectivity index (χ1n) is 3.67. The van der Waals surface area contributed by atoms with Crippen molar-refractivity contribution in [2.24, 2.45) is 0 Å². The summed E-state index contributed by atoms with van der Waals surface area (Å²) in [5.41, 5.74) is 8.18. The normalized spacial score (nSPS) is 11.6. The number of rotatable bonds is 2. The molecule has 0 saturated carbocycles. The molecule has 0 fully saturated rings. The van der Waals surface area contributed by atoms with E-state index in [1.165, 1.54) is 12.1 Å². The summed E-state index contributed by atoms with van der Waals surface area (Å²) >= 11 is 0. The van der Waals surface area contributed by atoms with E-state index in [4.69, 9.17) is 10.3 Å². The Balaban J connectivity index is 3.47. The van der Waals surface area contributed by atoms with Crippen molar-refractivity contribution in [3.63, 3.8) is 0 Å². The minimum absolute atomic E-state index is 0.151. The van der Waals surface area contributed by atoms with Crippen molar-refractivity contribution >= 4 is 10.1 Å². The molecule has 5 heteroatoms. The molecule has 1 radical (unpaired) electrons. The van der Waals surface area contributed by atoms with E-state index in [2.05, 4.69) is 0 Å². The summed E-state index contributed by atoms with van der Waals surface area (Å²) in [5, 5.41) is 0. The molecule has 0 aliphatic carbocycles. The predicted octanol–water partition coefficient (Wildman–Crippen LogP) is 1.02. The summed E-state index contributed by atoms with van der Waals surface area (Å²) < 4.78 is 30.5. The number of benzene rings is 1. The molecule has 0 bridgehead atoms. The number of nitrogens with one attached hydrogen (secondary N) is 1. The van der Waals surface area contributed by atoms with Crippen LogP contribution in [-0.2, 0) is 16.7 Å². The van der Waals surface area contributed by atoms with Gasteiger partial charge < -0.3 is 0 Å². The molecule has 1 aromatic carbocycles. The molecule has 1 rings (SSSR count). The summed E-state index contributed by atoms with van der Waals surface area (Å²) in [6.07, 6.45) is 0. The first-order valence-corrected chi connectivity index (χ1v) is 5.11. The van der Waals surface area contributed by atoms with Crippen LogP contribution >= 0.6 is 0 Å². The fourth-order valence-corrected chi connectivity index (χ4v) is 1.94. The lowest BCUT2D eigenvalue weighted by atomic mass is 10.1. The van der Waals surface area contributed by atoms with Gasteiger partial charge in [0.2, 0.25) is 0 Å². The molecule has 0 heterocycles. The zero-order chi connectivity index (χ0) is 10.1. The summed E-state index contributed by atoms with van der Waals surface area (Å²) in [6.45, 7) is 1.56. The van der Waals surface area contributed by atoms with Crippen LogP contribution in [-0.4, -0.2) is 13.0 Å². The predicted molar refractivity (Wildman–Crippen MR) is 47.8 cm³/mol. The Morgan fingerprint density at radius 1 is 1.46 bits per heavy atom. The van der Waals surface area contributed by atoms with Crippen molar-refractivity contribution in [2.75, 3.05) is 0 Å². The second-order valence-corrected chi connectivity index (χ2v) is 4.09. The highest BCUT2D eigenvalue weighted by molar-refractivity contribution is 7.85. The van der Waals surface area contributed by atoms with Gasteiger partial charge in [-0.1, -0.05) is 12.1 Å². The van der Waals surface area contributed by atoms with Crippen LogP contribution in [0.3, 0.4) is 0 Å². The number of hydrogen-bond donors (Lipinski definition) is 1. The minimum Gasteiger partial charge on any atom is -0.282 e. The van der Waals surface area contributed by atoms with Gasteiger partial charge in [-0.3, -0.25) is 10.3 Å². The molecule has 71 valence electrons. The van der Waals surface area contributed by atoms with Gasteiger partial charge in [0.25, 0.3) is 10.1 Å². The van der Waals surface area contributed by atoms with E-state index in [9.17, 15) is 8.42 Å². The highest BCUT2D eigenvalue weighted by Crippen LogP contribution is 2.18. The molecule has 1 aromatic rings. The maximum atomic E-state index is 10.8. The molecule has 0 aliphatic heterocycles. The maximum Gasteiger partial charge on any atom is 0.294 e. The molecule has 0 spiro atoms. The van der Waals surface area contributed by atoms with Gasteiger partial charge in [0, 0.05) is 6.54 Å². The zero-order valence-corrected chi connectivity index (χ0v) is 7.93. The highest BCUT2D eigenvalue weighted by atomic mass is 32.2. The van der Waals surface area contributed by atoms with Gasteiger partial charge >= 0.3 is 0 Å². The minimum atomic E-state index is -4.19. The quantitative estimate of drug-likeness (QED) is 0.724. The Morgan fingerprint density at radius 2 is 2.08 bits per heavy atom. The molecule has 0 atom stereocenters. The summed E-state index contributed by atoms with van der Waals surface area (Å²) in [7, 11) is -4.19. The Morgan fingerprint density at radius 3 is 2.46 bits per heavy atom. The molecule has 0 amide bonds. The van der Waals surface area contributed by atoms with Crippen molar-refractivity contribution in [3.8, 4) is 0 Å². The monoisotopic (exact) mass is 200 g/mol. The lowest BCUT2D eigenvalue weighted by molar-refractivity contribution is 0.482. The van der Waals surface area contributed by atoms with Gasteiger partial charge in [0.1, 0.15) is 0 Å². The van der Waals surface area contributed by atoms with E-state index in [1.54, 1.807) is 13.0 Å². The molecular weight excluding hydrogens is 190 g/mol. The van der Waals surface area contributed by atoms with Crippen molar-refractivity contribution < 1.29 is 13.0 Å².